The summed E-state index contributed by atoms with van der Waals surface area (Å²) in [5, 5.41) is 12.7. The summed E-state index contributed by atoms with van der Waals surface area (Å²) < 4.78 is 1.85. The van der Waals surface area contributed by atoms with E-state index in [1.807, 2.05) is 67.9 Å². The number of para-hydroxylation sites is 1. The molecule has 7 heteroatoms. The number of benzene rings is 2. The molecule has 1 heterocycles. The molecule has 3 rings (SSSR count). The lowest BCUT2D eigenvalue weighted by atomic mass is 10.1. The molecule has 0 aliphatic heterocycles. The van der Waals surface area contributed by atoms with Crippen molar-refractivity contribution in [3.05, 3.63) is 58.6 Å². The summed E-state index contributed by atoms with van der Waals surface area (Å²) in [4.78, 5) is 12.3. The summed E-state index contributed by atoms with van der Waals surface area (Å²) in [6.07, 6.45) is 0. The van der Waals surface area contributed by atoms with Crippen LogP contribution in [0.5, 0.6) is 0 Å². The number of rotatable bonds is 5. The Morgan fingerprint density at radius 3 is 2.50 bits per heavy atom. The largest absolute Gasteiger partial charge is 0.325 e. The highest BCUT2D eigenvalue weighted by molar-refractivity contribution is 7.99. The Hall–Kier alpha value is -2.31. The van der Waals surface area contributed by atoms with Gasteiger partial charge in [0, 0.05) is 18.3 Å². The SMILES string of the molecule is Cc1cccc(C)c1NC(=O)CSc1nnc(-c2ccccc2Cl)n1C. The minimum atomic E-state index is -0.0744. The monoisotopic (exact) mass is 386 g/mol. The van der Waals surface area contributed by atoms with Gasteiger partial charge in [0.2, 0.25) is 5.91 Å². The molecule has 1 amide bonds. The van der Waals surface area contributed by atoms with Gasteiger partial charge in [-0.25, -0.2) is 0 Å². The van der Waals surface area contributed by atoms with E-state index in [1.54, 1.807) is 0 Å². The van der Waals surface area contributed by atoms with Gasteiger partial charge in [0.15, 0.2) is 11.0 Å². The Bertz CT molecular complexity index is 934. The molecule has 1 aromatic heterocycles. The molecule has 0 aliphatic rings. The average Bonchev–Trinajstić information content (AvgIpc) is 2.97. The molecule has 26 heavy (non-hydrogen) atoms. The van der Waals surface area contributed by atoms with Crippen LogP contribution in [-0.2, 0) is 11.8 Å². The molecule has 0 atom stereocenters. The van der Waals surface area contributed by atoms with Crippen molar-refractivity contribution in [2.24, 2.45) is 7.05 Å². The Morgan fingerprint density at radius 2 is 1.81 bits per heavy atom. The van der Waals surface area contributed by atoms with E-state index in [0.29, 0.717) is 16.0 Å². The van der Waals surface area contributed by atoms with Gasteiger partial charge in [0.05, 0.1) is 10.8 Å². The first-order valence-electron chi connectivity index (χ1n) is 8.10. The van der Waals surface area contributed by atoms with Crippen LogP contribution in [0.2, 0.25) is 5.02 Å². The van der Waals surface area contributed by atoms with Gasteiger partial charge in [0.25, 0.3) is 0 Å². The number of hydrogen-bond acceptors (Lipinski definition) is 4. The highest BCUT2D eigenvalue weighted by Crippen LogP contribution is 2.28. The third kappa shape index (κ3) is 3.92. The van der Waals surface area contributed by atoms with Crippen LogP contribution in [0.1, 0.15) is 11.1 Å². The Labute approximate surface area is 161 Å². The van der Waals surface area contributed by atoms with Crippen molar-refractivity contribution in [3.8, 4) is 11.4 Å². The fourth-order valence-corrected chi connectivity index (χ4v) is 3.57. The maximum Gasteiger partial charge on any atom is 0.234 e. The molecule has 0 aliphatic carbocycles. The molecule has 0 radical (unpaired) electrons. The van der Waals surface area contributed by atoms with Crippen molar-refractivity contribution in [1.29, 1.82) is 0 Å². The first-order valence-corrected chi connectivity index (χ1v) is 9.47. The number of carbonyl (C=O) groups excluding carboxylic acids is 1. The van der Waals surface area contributed by atoms with Gasteiger partial charge >= 0.3 is 0 Å². The summed E-state index contributed by atoms with van der Waals surface area (Å²) in [7, 11) is 1.87. The fraction of sp³-hybridized carbons (Fsp3) is 0.211. The molecule has 0 saturated carbocycles. The number of aromatic nitrogens is 3. The number of nitrogens with zero attached hydrogens (tertiary/aromatic N) is 3. The van der Waals surface area contributed by atoms with Crippen LogP contribution in [0.3, 0.4) is 0 Å². The van der Waals surface area contributed by atoms with Crippen LogP contribution in [0.15, 0.2) is 47.6 Å². The summed E-state index contributed by atoms with van der Waals surface area (Å²) >= 11 is 7.58. The van der Waals surface area contributed by atoms with Crippen molar-refractivity contribution >= 4 is 35.0 Å². The molecular formula is C19H19ClN4OS. The zero-order valence-corrected chi connectivity index (χ0v) is 16.4. The highest BCUT2D eigenvalue weighted by Gasteiger charge is 2.15. The van der Waals surface area contributed by atoms with Gasteiger partial charge in [-0.15, -0.1) is 10.2 Å². The second kappa shape index (κ2) is 7.93. The maximum atomic E-state index is 12.3. The van der Waals surface area contributed by atoms with Gasteiger partial charge < -0.3 is 9.88 Å². The minimum Gasteiger partial charge on any atom is -0.325 e. The van der Waals surface area contributed by atoms with Gasteiger partial charge in [-0.2, -0.15) is 0 Å². The van der Waals surface area contributed by atoms with Crippen molar-refractivity contribution in [3.63, 3.8) is 0 Å². The number of hydrogen-bond donors (Lipinski definition) is 1. The molecule has 0 fully saturated rings. The predicted octanol–water partition coefficient (Wildman–Crippen LogP) is 4.48. The molecule has 134 valence electrons. The second-order valence-electron chi connectivity index (χ2n) is 5.95. The van der Waals surface area contributed by atoms with E-state index < -0.39 is 0 Å². The number of amides is 1. The zero-order chi connectivity index (χ0) is 18.7. The lowest BCUT2D eigenvalue weighted by Crippen LogP contribution is -2.16. The predicted molar refractivity (Wildman–Crippen MR) is 107 cm³/mol. The third-order valence-corrected chi connectivity index (χ3v) is 5.38. The molecular weight excluding hydrogens is 368 g/mol. The number of aryl methyl sites for hydroxylation is 2. The van der Waals surface area contributed by atoms with E-state index in [0.717, 1.165) is 22.4 Å². The topological polar surface area (TPSA) is 59.8 Å². The Kier molecular flexibility index (Phi) is 5.64. The molecule has 5 nitrogen and oxygen atoms in total. The molecule has 0 bridgehead atoms. The van der Waals surface area contributed by atoms with Crippen LogP contribution >= 0.6 is 23.4 Å². The minimum absolute atomic E-state index is 0.0744. The van der Waals surface area contributed by atoms with E-state index in [9.17, 15) is 4.79 Å². The summed E-state index contributed by atoms with van der Waals surface area (Å²) in [5.41, 5.74) is 3.77. The summed E-state index contributed by atoms with van der Waals surface area (Å²) in [6.45, 7) is 3.96. The van der Waals surface area contributed by atoms with Crippen LogP contribution < -0.4 is 5.32 Å². The number of carbonyl (C=O) groups is 1. The Morgan fingerprint density at radius 1 is 1.12 bits per heavy atom. The second-order valence-corrected chi connectivity index (χ2v) is 7.30. The average molecular weight is 387 g/mol. The van der Waals surface area contributed by atoms with Crippen molar-refractivity contribution in [2.75, 3.05) is 11.1 Å². The van der Waals surface area contributed by atoms with Crippen LogP contribution in [0.25, 0.3) is 11.4 Å². The van der Waals surface area contributed by atoms with Gasteiger partial charge in [-0.1, -0.05) is 53.7 Å². The normalized spacial score (nSPS) is 10.8. The lowest BCUT2D eigenvalue weighted by Gasteiger charge is -2.11. The van der Waals surface area contributed by atoms with Gasteiger partial charge in [0.1, 0.15) is 0 Å². The molecule has 1 N–H and O–H groups in total. The number of thioether (sulfide) groups is 1. The van der Waals surface area contributed by atoms with Crippen LogP contribution in [0.4, 0.5) is 5.69 Å². The molecule has 0 unspecified atom stereocenters. The molecule has 2 aromatic carbocycles. The lowest BCUT2D eigenvalue weighted by molar-refractivity contribution is -0.113. The third-order valence-electron chi connectivity index (χ3n) is 4.03. The smallest absolute Gasteiger partial charge is 0.234 e. The molecule has 0 spiro atoms. The quantitative estimate of drug-likeness (QED) is 0.656. The number of anilines is 1. The first kappa shape index (κ1) is 18.5. The van der Waals surface area contributed by atoms with Crippen LogP contribution in [0, 0.1) is 13.8 Å². The zero-order valence-electron chi connectivity index (χ0n) is 14.8. The maximum absolute atomic E-state index is 12.3. The van der Waals surface area contributed by atoms with Crippen LogP contribution in [-0.4, -0.2) is 26.4 Å². The number of nitrogens with one attached hydrogen (secondary N) is 1. The van der Waals surface area contributed by atoms with E-state index in [4.69, 9.17) is 11.6 Å². The molecule has 0 saturated heterocycles. The van der Waals surface area contributed by atoms with E-state index >= 15 is 0 Å². The van der Waals surface area contributed by atoms with E-state index in [-0.39, 0.29) is 11.7 Å². The van der Waals surface area contributed by atoms with Crippen molar-refractivity contribution < 1.29 is 4.79 Å². The van der Waals surface area contributed by atoms with E-state index in [2.05, 4.69) is 15.5 Å². The standard InChI is InChI=1S/C19H19ClN4OS/c1-12-7-6-8-13(2)17(12)21-16(25)11-26-19-23-22-18(24(19)3)14-9-4-5-10-15(14)20/h4-10H,11H2,1-3H3,(H,21,25). The summed E-state index contributed by atoms with van der Waals surface area (Å²) in [5.74, 6) is 0.852. The van der Waals surface area contributed by atoms with Gasteiger partial charge in [-0.3, -0.25) is 4.79 Å². The van der Waals surface area contributed by atoms with E-state index in [1.165, 1.54) is 11.8 Å². The van der Waals surface area contributed by atoms with Crippen molar-refractivity contribution in [1.82, 2.24) is 14.8 Å². The highest BCUT2D eigenvalue weighted by atomic mass is 35.5. The molecule has 3 aromatic rings. The summed E-state index contributed by atoms with van der Waals surface area (Å²) in [6, 6.07) is 13.4. The Balaban J connectivity index is 1.69. The van der Waals surface area contributed by atoms with Crippen molar-refractivity contribution in [2.45, 2.75) is 19.0 Å². The van der Waals surface area contributed by atoms with Gasteiger partial charge in [-0.05, 0) is 37.1 Å². The first-order chi connectivity index (χ1) is 12.5. The number of halogens is 1. The fourth-order valence-electron chi connectivity index (χ4n) is 2.63.